The fourth-order valence-corrected chi connectivity index (χ4v) is 7.39. The van der Waals surface area contributed by atoms with Crippen LogP contribution < -0.4 is 26.6 Å². The van der Waals surface area contributed by atoms with Gasteiger partial charge in [-0.3, -0.25) is 0 Å². The molecule has 0 saturated heterocycles. The average molecular weight is 353 g/mol. The molecule has 0 aromatic heterocycles. The standard InChI is InChI=1S/3C2H7N2.Cd.HNO3/c3*3-1-2-4;;2-1(3)4/h3*3H,1-2,4H2;;(H,2,3,4)/q3*-1;+3;. The summed E-state index contributed by atoms with van der Waals surface area (Å²) in [4.78, 5) is 8.36. The Morgan fingerprint density at radius 1 is 1.00 bits per heavy atom. The number of hydrogen-bond acceptors (Lipinski definition) is 8. The van der Waals surface area contributed by atoms with E-state index < -0.39 is 28.7 Å². The number of nitrogens with zero attached hydrogens (tertiary/aromatic N) is 1. The Balaban J connectivity index is 0. The maximum atomic E-state index is 8.36. The molecule has 17 heavy (non-hydrogen) atoms. The molecule has 0 amide bonds. The van der Waals surface area contributed by atoms with E-state index in [4.69, 9.17) is 32.5 Å². The van der Waals surface area contributed by atoms with Crippen molar-refractivity contribution in [3.63, 3.8) is 0 Å². The summed E-state index contributed by atoms with van der Waals surface area (Å²) in [7, 11) is 0. The molecule has 0 aliphatic carbocycles. The van der Waals surface area contributed by atoms with Crippen molar-refractivity contribution >= 4 is 0 Å². The molecule has 11 heteroatoms. The van der Waals surface area contributed by atoms with Gasteiger partial charge in [0.2, 0.25) is 0 Å². The van der Waals surface area contributed by atoms with Crippen LogP contribution >= 0.6 is 0 Å². The fourth-order valence-electron chi connectivity index (χ4n) is 1.10. The monoisotopic (exact) mass is 354 g/mol. The molecule has 0 atom stereocenters. The number of hydrogen-bond donors (Lipinski definition) is 7. The summed E-state index contributed by atoms with van der Waals surface area (Å²) < 4.78 is 10.2. The van der Waals surface area contributed by atoms with Crippen molar-refractivity contribution < 1.29 is 33.9 Å². The van der Waals surface area contributed by atoms with E-state index in [1.165, 1.54) is 0 Å². The van der Waals surface area contributed by atoms with Gasteiger partial charge in [0.1, 0.15) is 0 Å². The molecule has 0 rings (SSSR count). The van der Waals surface area contributed by atoms with Crippen molar-refractivity contribution in [3.8, 4) is 0 Å². The zero-order chi connectivity index (χ0) is 13.5. The predicted octanol–water partition coefficient (Wildman–Crippen LogP) is -3.35. The Labute approximate surface area is 110 Å². The van der Waals surface area contributed by atoms with Crippen molar-refractivity contribution in [2.24, 2.45) is 17.2 Å². The predicted molar refractivity (Wildman–Crippen MR) is 60.0 cm³/mol. The van der Waals surface area contributed by atoms with E-state index in [-0.39, 0.29) is 0 Å². The van der Waals surface area contributed by atoms with Crippen LogP contribution in [-0.2, 0) is 23.6 Å². The van der Waals surface area contributed by atoms with Gasteiger partial charge in [0, 0.05) is 0 Å². The molecule has 0 spiro atoms. The molecule has 0 aliphatic heterocycles. The molecule has 0 bridgehead atoms. The molecular weight excluding hydrogens is 331 g/mol. The number of nitrogens with one attached hydrogen (secondary N) is 3. The van der Waals surface area contributed by atoms with E-state index in [2.05, 4.69) is 9.38 Å². The van der Waals surface area contributed by atoms with Crippen LogP contribution in [0.15, 0.2) is 0 Å². The molecular formula is C6H22CdN7O3. The zero-order valence-corrected chi connectivity index (χ0v) is 13.9. The molecule has 0 heterocycles. The van der Waals surface area contributed by atoms with Gasteiger partial charge < -0.3 is 5.21 Å². The summed E-state index contributed by atoms with van der Waals surface area (Å²) in [6, 6.07) is 0. The normalized spacial score (nSPS) is 9.35. The Morgan fingerprint density at radius 2 is 1.24 bits per heavy atom. The fraction of sp³-hybridized carbons (Fsp3) is 1.00. The summed E-state index contributed by atoms with van der Waals surface area (Å²) in [5.41, 5.74) is 16.2. The van der Waals surface area contributed by atoms with Gasteiger partial charge in [0.15, 0.2) is 0 Å². The van der Waals surface area contributed by atoms with Gasteiger partial charge in [-0.1, -0.05) is 0 Å². The van der Waals surface area contributed by atoms with Gasteiger partial charge in [-0.25, -0.2) is 0 Å². The van der Waals surface area contributed by atoms with E-state index >= 15 is 0 Å². The van der Waals surface area contributed by atoms with Crippen LogP contribution in [0.3, 0.4) is 0 Å². The minimum atomic E-state index is -2.08. The third kappa shape index (κ3) is 21.7. The van der Waals surface area contributed by atoms with Crippen LogP contribution in [-0.4, -0.2) is 49.6 Å². The van der Waals surface area contributed by atoms with Crippen LogP contribution in [0.1, 0.15) is 0 Å². The van der Waals surface area contributed by atoms with Crippen molar-refractivity contribution in [3.05, 3.63) is 10.1 Å². The van der Waals surface area contributed by atoms with Gasteiger partial charge in [-0.2, -0.15) is 0 Å². The van der Waals surface area contributed by atoms with Crippen LogP contribution in [0, 0.1) is 10.1 Å². The molecule has 0 radical (unpaired) electrons. The first-order chi connectivity index (χ1) is 8.08. The van der Waals surface area contributed by atoms with E-state index in [1.807, 2.05) is 0 Å². The summed E-state index contributed by atoms with van der Waals surface area (Å²) in [6.07, 6.45) is 0. The molecule has 10 N–H and O–H groups in total. The SMILES string of the molecule is NCC[NH][Cd]([NH]CCN)[NH]CCN.O=[N+]([O-])O. The summed E-state index contributed by atoms with van der Waals surface area (Å²) in [5, 5.41) is 13.6. The first kappa shape index (κ1) is 19.2. The Bertz CT molecular complexity index is 153. The van der Waals surface area contributed by atoms with Gasteiger partial charge >= 0.3 is 89.4 Å². The second-order valence-electron chi connectivity index (χ2n) is 3.13. The first-order valence-corrected chi connectivity index (χ1v) is 11.5. The average Bonchev–Trinajstić information content (AvgIpc) is 2.27. The zero-order valence-electron chi connectivity index (χ0n) is 9.89. The third-order valence-electron chi connectivity index (χ3n) is 1.71. The molecule has 0 unspecified atom stereocenters. The van der Waals surface area contributed by atoms with E-state index in [9.17, 15) is 0 Å². The minimum Gasteiger partial charge on any atom is -0.328 e. The molecule has 0 aliphatic rings. The topological polar surface area (TPSA) is 178 Å². The van der Waals surface area contributed by atoms with Gasteiger partial charge in [0.05, 0.1) is 0 Å². The first-order valence-electron chi connectivity index (χ1n) is 5.41. The number of rotatable bonds is 9. The molecule has 101 valence electrons. The van der Waals surface area contributed by atoms with Crippen molar-refractivity contribution in [1.29, 1.82) is 0 Å². The van der Waals surface area contributed by atoms with Crippen LogP contribution in [0.2, 0.25) is 0 Å². The van der Waals surface area contributed by atoms with Gasteiger partial charge in [-0.15, -0.1) is 10.1 Å². The summed E-state index contributed by atoms with van der Waals surface area (Å²) >= 11 is -2.08. The maximum Gasteiger partial charge on any atom is 0.291 e. The van der Waals surface area contributed by atoms with E-state index in [0.717, 1.165) is 19.6 Å². The molecule has 10 nitrogen and oxygen atoms in total. The van der Waals surface area contributed by atoms with Crippen molar-refractivity contribution in [2.75, 3.05) is 39.3 Å². The molecule has 0 fully saturated rings. The molecule has 0 saturated carbocycles. The maximum absolute atomic E-state index is 8.36. The van der Waals surface area contributed by atoms with Gasteiger partial charge in [0.25, 0.3) is 5.09 Å². The van der Waals surface area contributed by atoms with Crippen LogP contribution in [0.25, 0.3) is 0 Å². The largest absolute Gasteiger partial charge is 0.328 e. The second kappa shape index (κ2) is 15.9. The van der Waals surface area contributed by atoms with Crippen LogP contribution in [0.4, 0.5) is 0 Å². The minimum absolute atomic E-state index is 0.672. The van der Waals surface area contributed by atoms with Crippen LogP contribution in [0.5, 0.6) is 0 Å². The summed E-state index contributed by atoms with van der Waals surface area (Å²) in [5.74, 6) is 0. The van der Waals surface area contributed by atoms with Crippen molar-refractivity contribution in [2.45, 2.75) is 0 Å². The Morgan fingerprint density at radius 3 is 1.41 bits per heavy atom. The molecule has 0 aromatic rings. The van der Waals surface area contributed by atoms with E-state index in [1.54, 1.807) is 0 Å². The second-order valence-corrected chi connectivity index (χ2v) is 10.4. The van der Waals surface area contributed by atoms with Gasteiger partial charge in [-0.05, 0) is 0 Å². The molecule has 0 aromatic carbocycles. The van der Waals surface area contributed by atoms with E-state index in [0.29, 0.717) is 19.6 Å². The smallest absolute Gasteiger partial charge is 0.291 e. The Kier molecular flexibility index (Phi) is 18.0. The Hall–Kier alpha value is -0.118. The quantitative estimate of drug-likeness (QED) is 0.127. The van der Waals surface area contributed by atoms with Crippen molar-refractivity contribution in [1.82, 2.24) is 9.38 Å². The number of nitrogens with two attached hydrogens (primary N) is 3. The third-order valence-corrected chi connectivity index (χ3v) is 9.02. The summed E-state index contributed by atoms with van der Waals surface area (Å²) in [6.45, 7) is 4.60.